The second-order valence-corrected chi connectivity index (χ2v) is 9.24. The maximum Gasteiger partial charge on any atom is 0.236 e. The molecule has 0 spiro atoms. The summed E-state index contributed by atoms with van der Waals surface area (Å²) < 4.78 is 39.0. The fourth-order valence-electron chi connectivity index (χ4n) is 2.75. The molecule has 1 saturated heterocycles. The Morgan fingerprint density at radius 2 is 1.80 bits per heavy atom. The van der Waals surface area contributed by atoms with E-state index in [4.69, 9.17) is 23.7 Å². The van der Waals surface area contributed by atoms with E-state index in [0.29, 0.717) is 63.4 Å². The van der Waals surface area contributed by atoms with Crippen molar-refractivity contribution < 1.29 is 32.7 Å². The Labute approximate surface area is 185 Å². The molecule has 0 aromatic heterocycles. The van der Waals surface area contributed by atoms with Gasteiger partial charge in [0.05, 0.1) is 40.1 Å². The molecule has 1 aliphatic heterocycles. The Kier molecular flexibility index (Phi) is 12.2. The summed E-state index contributed by atoms with van der Waals surface area (Å²) in [6.45, 7) is 3.30. The summed E-state index contributed by atoms with van der Waals surface area (Å²) in [5, 5.41) is -0.0973. The highest BCUT2D eigenvalue weighted by Gasteiger charge is 2.30. The van der Waals surface area contributed by atoms with Crippen molar-refractivity contribution in [3.8, 4) is 11.5 Å². The first-order valence-electron chi connectivity index (χ1n) is 9.82. The Balaban J connectivity index is 1.66. The van der Waals surface area contributed by atoms with Crippen LogP contribution in [0.4, 0.5) is 0 Å². The molecule has 2 atom stereocenters. The highest BCUT2D eigenvalue weighted by atomic mass is 32.2. The van der Waals surface area contributed by atoms with Gasteiger partial charge in [0.15, 0.2) is 11.5 Å². The number of amides is 1. The molecule has 1 fully saturated rings. The summed E-state index contributed by atoms with van der Waals surface area (Å²) in [5.74, 6) is 2.35. The fraction of sp³-hybridized carbons (Fsp3) is 0.650. The largest absolute Gasteiger partial charge is 0.493 e. The van der Waals surface area contributed by atoms with Gasteiger partial charge in [0, 0.05) is 36.0 Å². The molecule has 0 N–H and O–H groups in total. The minimum Gasteiger partial charge on any atom is -0.493 e. The highest BCUT2D eigenvalue weighted by Crippen LogP contribution is 2.29. The zero-order chi connectivity index (χ0) is 21.6. The van der Waals surface area contributed by atoms with Gasteiger partial charge in [-0.2, -0.15) is 0 Å². The average molecular weight is 462 g/mol. The van der Waals surface area contributed by atoms with Crippen molar-refractivity contribution in [1.29, 1.82) is 0 Å². The van der Waals surface area contributed by atoms with E-state index >= 15 is 0 Å². The monoisotopic (exact) mass is 461 g/mol. The molecule has 1 aliphatic rings. The number of carbonyl (C=O) groups excluding carboxylic acids is 1. The van der Waals surface area contributed by atoms with Crippen molar-refractivity contribution in [3.05, 3.63) is 24.3 Å². The van der Waals surface area contributed by atoms with Crippen LogP contribution in [0.5, 0.6) is 11.5 Å². The van der Waals surface area contributed by atoms with E-state index in [2.05, 4.69) is 0 Å². The Morgan fingerprint density at radius 3 is 2.53 bits per heavy atom. The number of thioether (sulfide) groups is 1. The zero-order valence-corrected chi connectivity index (χ0v) is 19.2. The molecule has 170 valence electrons. The standard InChI is InChI=1S/C20H31NO7S2/c1-24-8-9-26-10-11-27-12-14-30(23)16-19(22)21-7-13-29-20(21)15-28-18-6-4-3-5-17(18)25-2/h3-6,20H,7-16H2,1-2H3/t20-,30+/m1/s1. The number of nitrogens with zero attached hydrogens (tertiary/aromatic N) is 1. The highest BCUT2D eigenvalue weighted by molar-refractivity contribution is 8.00. The quantitative estimate of drug-likeness (QED) is 0.363. The maximum absolute atomic E-state index is 12.6. The summed E-state index contributed by atoms with van der Waals surface area (Å²) >= 11 is 1.66. The minimum absolute atomic E-state index is 0.000578. The second-order valence-electron chi connectivity index (χ2n) is 6.38. The summed E-state index contributed by atoms with van der Waals surface area (Å²) in [4.78, 5) is 14.4. The molecule has 0 saturated carbocycles. The first kappa shape index (κ1) is 24.9. The number of carbonyl (C=O) groups is 1. The third kappa shape index (κ3) is 8.81. The summed E-state index contributed by atoms with van der Waals surface area (Å²) in [6.07, 6.45) is 0. The Hall–Kier alpha value is -1.33. The number of para-hydroxylation sites is 2. The van der Waals surface area contributed by atoms with Crippen molar-refractivity contribution >= 4 is 28.5 Å². The molecule has 0 radical (unpaired) electrons. The molecule has 0 aliphatic carbocycles. The van der Waals surface area contributed by atoms with E-state index < -0.39 is 10.8 Å². The van der Waals surface area contributed by atoms with Crippen LogP contribution in [0.1, 0.15) is 0 Å². The van der Waals surface area contributed by atoms with Crippen molar-refractivity contribution in [3.63, 3.8) is 0 Å². The van der Waals surface area contributed by atoms with Crippen LogP contribution in [-0.2, 0) is 29.8 Å². The number of rotatable bonds is 15. The van der Waals surface area contributed by atoms with Gasteiger partial charge in [0.2, 0.25) is 5.91 Å². The normalized spacial score (nSPS) is 17.1. The summed E-state index contributed by atoms with van der Waals surface area (Å²) in [7, 11) is 1.95. The predicted molar refractivity (Wildman–Crippen MR) is 118 cm³/mol. The van der Waals surface area contributed by atoms with Crippen molar-refractivity contribution in [2.75, 3.05) is 77.7 Å². The van der Waals surface area contributed by atoms with Gasteiger partial charge in [-0.1, -0.05) is 12.1 Å². The first-order chi connectivity index (χ1) is 14.7. The van der Waals surface area contributed by atoms with Crippen LogP contribution >= 0.6 is 11.8 Å². The molecule has 30 heavy (non-hydrogen) atoms. The van der Waals surface area contributed by atoms with E-state index in [0.717, 1.165) is 5.75 Å². The summed E-state index contributed by atoms with van der Waals surface area (Å²) in [6, 6.07) is 7.41. The lowest BCUT2D eigenvalue weighted by Crippen LogP contribution is -2.40. The van der Waals surface area contributed by atoms with E-state index in [9.17, 15) is 9.00 Å². The number of hydrogen-bond donors (Lipinski definition) is 0. The van der Waals surface area contributed by atoms with Crippen LogP contribution in [0.15, 0.2) is 24.3 Å². The Morgan fingerprint density at radius 1 is 1.10 bits per heavy atom. The molecule has 1 aromatic rings. The second kappa shape index (κ2) is 14.6. The zero-order valence-electron chi connectivity index (χ0n) is 17.6. The minimum atomic E-state index is -1.26. The van der Waals surface area contributed by atoms with Crippen molar-refractivity contribution in [2.24, 2.45) is 0 Å². The molecule has 8 nitrogen and oxygen atoms in total. The van der Waals surface area contributed by atoms with Gasteiger partial charge in [-0.3, -0.25) is 9.00 Å². The lowest BCUT2D eigenvalue weighted by Gasteiger charge is -2.24. The van der Waals surface area contributed by atoms with Gasteiger partial charge in [-0.25, -0.2) is 0 Å². The predicted octanol–water partition coefficient (Wildman–Crippen LogP) is 1.40. The van der Waals surface area contributed by atoms with Gasteiger partial charge in [0.25, 0.3) is 0 Å². The first-order valence-corrected chi connectivity index (χ1v) is 12.4. The molecule has 0 unspecified atom stereocenters. The van der Waals surface area contributed by atoms with Crippen LogP contribution in [0.3, 0.4) is 0 Å². The van der Waals surface area contributed by atoms with Crippen LogP contribution in [0, 0.1) is 0 Å². The van der Waals surface area contributed by atoms with Gasteiger partial charge in [-0.15, -0.1) is 11.8 Å². The topological polar surface area (TPSA) is 83.5 Å². The van der Waals surface area contributed by atoms with Gasteiger partial charge >= 0.3 is 0 Å². The molecule has 1 amide bonds. The molecule has 1 heterocycles. The van der Waals surface area contributed by atoms with E-state index in [-0.39, 0.29) is 17.0 Å². The third-order valence-corrected chi connectivity index (χ3v) is 6.69. The number of hydrogen-bond acceptors (Lipinski definition) is 8. The van der Waals surface area contributed by atoms with Gasteiger partial charge in [0.1, 0.15) is 17.7 Å². The molecule has 1 aromatic carbocycles. The smallest absolute Gasteiger partial charge is 0.236 e. The Bertz CT molecular complexity index is 662. The van der Waals surface area contributed by atoms with E-state index in [1.807, 2.05) is 24.3 Å². The van der Waals surface area contributed by atoms with Crippen molar-refractivity contribution in [2.45, 2.75) is 5.37 Å². The number of ether oxygens (including phenoxy) is 5. The fourth-order valence-corrected chi connectivity index (χ4v) is 4.78. The molecule has 10 heteroatoms. The van der Waals surface area contributed by atoms with Gasteiger partial charge < -0.3 is 28.6 Å². The molecular weight excluding hydrogens is 430 g/mol. The molecule has 2 rings (SSSR count). The molecular formula is C20H31NO7S2. The van der Waals surface area contributed by atoms with Crippen LogP contribution < -0.4 is 9.47 Å². The maximum atomic E-state index is 12.6. The van der Waals surface area contributed by atoms with Crippen LogP contribution in [0.2, 0.25) is 0 Å². The summed E-state index contributed by atoms with van der Waals surface area (Å²) in [5.41, 5.74) is 0. The van der Waals surface area contributed by atoms with Crippen LogP contribution in [-0.4, -0.2) is 98.1 Å². The number of benzene rings is 1. The SMILES string of the molecule is COCCOCCOCC[S@](=O)CC(=O)N1CCS[C@@H]1COc1ccccc1OC. The third-order valence-electron chi connectivity index (χ3n) is 4.30. The lowest BCUT2D eigenvalue weighted by atomic mass is 10.3. The van der Waals surface area contributed by atoms with E-state index in [1.54, 1.807) is 30.9 Å². The van der Waals surface area contributed by atoms with E-state index in [1.165, 1.54) is 0 Å². The van der Waals surface area contributed by atoms with Gasteiger partial charge in [-0.05, 0) is 12.1 Å². The van der Waals surface area contributed by atoms with Crippen LogP contribution in [0.25, 0.3) is 0 Å². The average Bonchev–Trinajstić information content (AvgIpc) is 3.23. The number of methoxy groups -OCH3 is 2. The molecule has 0 bridgehead atoms. The van der Waals surface area contributed by atoms with Crippen molar-refractivity contribution in [1.82, 2.24) is 4.90 Å². The lowest BCUT2D eigenvalue weighted by molar-refractivity contribution is -0.128.